The van der Waals surface area contributed by atoms with Gasteiger partial charge in [0.05, 0.1) is 0 Å². The molecule has 0 bridgehead atoms. The number of hydrogen-bond donors (Lipinski definition) is 2. The van der Waals surface area contributed by atoms with Crippen LogP contribution in [0.1, 0.15) is 12.8 Å². The smallest absolute Gasteiger partial charge is 0.222 e. The molecule has 2 heterocycles. The van der Waals surface area contributed by atoms with Gasteiger partial charge in [0.25, 0.3) is 0 Å². The van der Waals surface area contributed by atoms with Crippen molar-refractivity contribution in [3.63, 3.8) is 0 Å². The zero-order valence-electron chi connectivity index (χ0n) is 9.30. The molecule has 2 aromatic rings. The summed E-state index contributed by atoms with van der Waals surface area (Å²) < 4.78 is 0. The quantitative estimate of drug-likeness (QED) is 0.834. The van der Waals surface area contributed by atoms with Crippen LogP contribution < -0.4 is 11.1 Å². The number of pyridine rings is 1. The first-order valence-electron chi connectivity index (χ1n) is 5.62. The van der Waals surface area contributed by atoms with Gasteiger partial charge in [-0.1, -0.05) is 0 Å². The fourth-order valence-electron chi connectivity index (χ4n) is 1.54. The number of anilines is 2. The Balaban J connectivity index is 1.80. The van der Waals surface area contributed by atoms with Crippen LogP contribution in [0.3, 0.4) is 0 Å². The molecule has 1 aliphatic rings. The molecule has 1 saturated carbocycles. The molecule has 0 saturated heterocycles. The number of hydrogen-bond acceptors (Lipinski definition) is 5. The van der Waals surface area contributed by atoms with Crippen LogP contribution in [0.25, 0.3) is 11.1 Å². The van der Waals surface area contributed by atoms with E-state index in [2.05, 4.69) is 20.3 Å². The van der Waals surface area contributed by atoms with E-state index >= 15 is 0 Å². The molecule has 5 heteroatoms. The number of nitrogen functional groups attached to an aromatic ring is 1. The maximum absolute atomic E-state index is 5.54. The predicted molar refractivity (Wildman–Crippen MR) is 66.3 cm³/mol. The number of nitrogens with zero attached hydrogens (tertiary/aromatic N) is 3. The Morgan fingerprint density at radius 1 is 1.00 bits per heavy atom. The average molecular weight is 227 g/mol. The van der Waals surface area contributed by atoms with Gasteiger partial charge in [-0.2, -0.15) is 0 Å². The molecule has 17 heavy (non-hydrogen) atoms. The lowest BCUT2D eigenvalue weighted by Crippen LogP contribution is -2.04. The van der Waals surface area contributed by atoms with Crippen LogP contribution in [0.5, 0.6) is 0 Å². The molecule has 1 aliphatic carbocycles. The second-order valence-corrected chi connectivity index (χ2v) is 4.19. The highest BCUT2D eigenvalue weighted by molar-refractivity contribution is 5.62. The minimum Gasteiger partial charge on any atom is -0.384 e. The fourth-order valence-corrected chi connectivity index (χ4v) is 1.54. The second kappa shape index (κ2) is 4.01. The molecule has 5 nitrogen and oxygen atoms in total. The van der Waals surface area contributed by atoms with E-state index in [4.69, 9.17) is 5.73 Å². The lowest BCUT2D eigenvalue weighted by molar-refractivity contribution is 1.05. The highest BCUT2D eigenvalue weighted by Gasteiger charge is 2.21. The van der Waals surface area contributed by atoms with E-state index < -0.39 is 0 Å². The number of nitrogens with one attached hydrogen (secondary N) is 1. The summed E-state index contributed by atoms with van der Waals surface area (Å²) in [5.74, 6) is 1.21. The van der Waals surface area contributed by atoms with Crippen molar-refractivity contribution in [2.24, 2.45) is 0 Å². The van der Waals surface area contributed by atoms with Crippen molar-refractivity contribution < 1.29 is 0 Å². The van der Waals surface area contributed by atoms with Gasteiger partial charge in [0.15, 0.2) is 0 Å². The van der Waals surface area contributed by atoms with Crippen LogP contribution in [0.15, 0.2) is 30.7 Å². The van der Waals surface area contributed by atoms with E-state index in [0.29, 0.717) is 17.8 Å². The maximum Gasteiger partial charge on any atom is 0.222 e. The summed E-state index contributed by atoms with van der Waals surface area (Å²) in [4.78, 5) is 12.6. The normalized spacial score (nSPS) is 14.6. The molecule has 1 fully saturated rings. The molecule has 3 rings (SSSR count). The van der Waals surface area contributed by atoms with Gasteiger partial charge < -0.3 is 11.1 Å². The number of nitrogens with two attached hydrogens (primary N) is 1. The molecule has 2 aromatic heterocycles. The van der Waals surface area contributed by atoms with Crippen molar-refractivity contribution in [1.82, 2.24) is 15.0 Å². The molecular weight excluding hydrogens is 214 g/mol. The number of aromatic nitrogens is 3. The van der Waals surface area contributed by atoms with Crippen molar-refractivity contribution in [2.75, 3.05) is 11.1 Å². The van der Waals surface area contributed by atoms with Gasteiger partial charge in [0, 0.05) is 35.8 Å². The van der Waals surface area contributed by atoms with Crippen LogP contribution in [0.4, 0.5) is 11.8 Å². The third-order valence-electron chi connectivity index (χ3n) is 2.68. The predicted octanol–water partition coefficient (Wildman–Crippen LogP) is 1.70. The van der Waals surface area contributed by atoms with E-state index in [-0.39, 0.29) is 0 Å². The van der Waals surface area contributed by atoms with E-state index in [9.17, 15) is 0 Å². The molecule has 86 valence electrons. The first-order chi connectivity index (χ1) is 8.31. The number of rotatable bonds is 3. The van der Waals surface area contributed by atoms with Crippen LogP contribution in [-0.4, -0.2) is 21.0 Å². The van der Waals surface area contributed by atoms with Gasteiger partial charge in [-0.25, -0.2) is 15.0 Å². The monoisotopic (exact) mass is 227 g/mol. The molecule has 0 radical (unpaired) electrons. The summed E-state index contributed by atoms with van der Waals surface area (Å²) in [6.45, 7) is 0. The highest BCUT2D eigenvalue weighted by atomic mass is 15.1. The summed E-state index contributed by atoms with van der Waals surface area (Å²) in [5.41, 5.74) is 7.45. The minimum absolute atomic E-state index is 0.515. The van der Waals surface area contributed by atoms with Crippen molar-refractivity contribution in [1.29, 1.82) is 0 Å². The Morgan fingerprint density at radius 3 is 2.29 bits per heavy atom. The molecule has 0 atom stereocenters. The van der Waals surface area contributed by atoms with Gasteiger partial charge in [0.1, 0.15) is 5.82 Å². The van der Waals surface area contributed by atoms with Crippen LogP contribution >= 0.6 is 0 Å². The first-order valence-corrected chi connectivity index (χ1v) is 5.62. The molecular formula is C12H13N5. The third kappa shape index (κ3) is 2.33. The fraction of sp³-hybridized carbons (Fsp3) is 0.250. The Bertz CT molecular complexity index is 501. The van der Waals surface area contributed by atoms with Crippen LogP contribution in [-0.2, 0) is 0 Å². The molecule has 0 spiro atoms. The average Bonchev–Trinajstić information content (AvgIpc) is 3.15. The van der Waals surface area contributed by atoms with Gasteiger partial charge >= 0.3 is 0 Å². The van der Waals surface area contributed by atoms with E-state index in [0.717, 1.165) is 11.1 Å². The van der Waals surface area contributed by atoms with E-state index in [1.54, 1.807) is 24.7 Å². The topological polar surface area (TPSA) is 76.7 Å². The van der Waals surface area contributed by atoms with Gasteiger partial charge in [-0.05, 0) is 25.0 Å². The van der Waals surface area contributed by atoms with Crippen LogP contribution in [0.2, 0.25) is 0 Å². The van der Waals surface area contributed by atoms with Crippen molar-refractivity contribution >= 4 is 11.8 Å². The molecule has 0 amide bonds. The first kappa shape index (κ1) is 10.0. The van der Waals surface area contributed by atoms with Gasteiger partial charge in [-0.3, -0.25) is 0 Å². The standard InChI is InChI=1S/C12H13N5/c13-11-4-1-8(5-14-11)9-6-15-12(16-7-9)17-10-2-3-10/h1,4-7,10H,2-3H2,(H2,13,14)(H,15,16,17). The molecule has 0 unspecified atom stereocenters. The lowest BCUT2D eigenvalue weighted by Gasteiger charge is -2.04. The third-order valence-corrected chi connectivity index (χ3v) is 2.68. The summed E-state index contributed by atoms with van der Waals surface area (Å²) in [6.07, 6.45) is 7.75. The van der Waals surface area contributed by atoms with Gasteiger partial charge in [-0.15, -0.1) is 0 Å². The van der Waals surface area contributed by atoms with Crippen LogP contribution in [0, 0.1) is 0 Å². The second-order valence-electron chi connectivity index (χ2n) is 4.19. The lowest BCUT2D eigenvalue weighted by atomic mass is 10.1. The van der Waals surface area contributed by atoms with E-state index in [1.165, 1.54) is 12.8 Å². The zero-order chi connectivity index (χ0) is 11.7. The van der Waals surface area contributed by atoms with Gasteiger partial charge in [0.2, 0.25) is 5.95 Å². The molecule has 0 aromatic carbocycles. The Morgan fingerprint density at radius 2 is 1.71 bits per heavy atom. The minimum atomic E-state index is 0.515. The van der Waals surface area contributed by atoms with Crippen molar-refractivity contribution in [3.05, 3.63) is 30.7 Å². The largest absolute Gasteiger partial charge is 0.384 e. The van der Waals surface area contributed by atoms with Crippen molar-refractivity contribution in [2.45, 2.75) is 18.9 Å². The van der Waals surface area contributed by atoms with E-state index in [1.807, 2.05) is 6.07 Å². The maximum atomic E-state index is 5.54. The Labute approximate surface area is 99.1 Å². The highest BCUT2D eigenvalue weighted by Crippen LogP contribution is 2.23. The van der Waals surface area contributed by atoms with Crippen molar-refractivity contribution in [3.8, 4) is 11.1 Å². The summed E-state index contributed by atoms with van der Waals surface area (Å²) >= 11 is 0. The molecule has 3 N–H and O–H groups in total. The summed E-state index contributed by atoms with van der Waals surface area (Å²) in [6, 6.07) is 4.25. The zero-order valence-corrected chi connectivity index (χ0v) is 9.30. The Kier molecular flexibility index (Phi) is 2.36. The molecule has 0 aliphatic heterocycles. The SMILES string of the molecule is Nc1ccc(-c2cnc(NC3CC3)nc2)cn1. The summed E-state index contributed by atoms with van der Waals surface area (Å²) in [7, 11) is 0. The summed E-state index contributed by atoms with van der Waals surface area (Å²) in [5, 5.41) is 3.25. The Hall–Kier alpha value is -2.17.